The first-order chi connectivity index (χ1) is 16.4. The Kier molecular flexibility index (Phi) is 5.49. The summed E-state index contributed by atoms with van der Waals surface area (Å²) in [5, 5.41) is 4.92. The molecule has 34 heavy (non-hydrogen) atoms. The van der Waals surface area contributed by atoms with E-state index >= 15 is 0 Å². The van der Waals surface area contributed by atoms with E-state index in [1.165, 1.54) is 5.56 Å². The average molecular weight is 452 g/mol. The third-order valence-electron chi connectivity index (χ3n) is 5.78. The standard InChI is InChI=1S/C28H25N3O3/c1-28(2,3)20-11-9-19(10-12-20)24-15-22(21-6-4-5-7-23(21)30-24)27(32)31-29-16-18-8-13-25-26(14-18)34-17-33-25/h4-16H,17H2,1-3H3,(H,31,32). The predicted molar refractivity (Wildman–Crippen MR) is 134 cm³/mol. The van der Waals surface area contributed by atoms with E-state index in [4.69, 9.17) is 14.5 Å². The molecule has 0 bridgehead atoms. The second-order valence-electron chi connectivity index (χ2n) is 9.21. The molecule has 0 atom stereocenters. The third kappa shape index (κ3) is 4.35. The lowest BCUT2D eigenvalue weighted by Crippen LogP contribution is -2.18. The zero-order valence-corrected chi connectivity index (χ0v) is 19.3. The van der Waals surface area contributed by atoms with Gasteiger partial charge in [0.1, 0.15) is 0 Å². The summed E-state index contributed by atoms with van der Waals surface area (Å²) in [6.45, 7) is 6.76. The van der Waals surface area contributed by atoms with Gasteiger partial charge in [0, 0.05) is 10.9 Å². The van der Waals surface area contributed by atoms with Crippen LogP contribution in [0, 0.1) is 0 Å². The molecule has 0 spiro atoms. The van der Waals surface area contributed by atoms with E-state index in [1.54, 1.807) is 6.21 Å². The summed E-state index contributed by atoms with van der Waals surface area (Å²) in [5.74, 6) is 1.06. The van der Waals surface area contributed by atoms with Crippen molar-refractivity contribution in [3.8, 4) is 22.8 Å². The van der Waals surface area contributed by atoms with E-state index in [1.807, 2.05) is 48.5 Å². The summed E-state index contributed by atoms with van der Waals surface area (Å²) < 4.78 is 10.7. The number of hydrogen-bond donors (Lipinski definition) is 1. The maximum absolute atomic E-state index is 13.1. The van der Waals surface area contributed by atoms with E-state index in [-0.39, 0.29) is 18.1 Å². The molecular formula is C28H25N3O3. The van der Waals surface area contributed by atoms with E-state index in [2.05, 4.69) is 55.6 Å². The van der Waals surface area contributed by atoms with E-state index in [0.29, 0.717) is 17.1 Å². The Morgan fingerprint density at radius 1 is 0.971 bits per heavy atom. The summed E-state index contributed by atoms with van der Waals surface area (Å²) in [4.78, 5) is 17.9. The molecule has 1 N–H and O–H groups in total. The van der Waals surface area contributed by atoms with Gasteiger partial charge in [-0.15, -0.1) is 0 Å². The molecule has 0 fully saturated rings. The molecule has 5 rings (SSSR count). The van der Waals surface area contributed by atoms with Crippen molar-refractivity contribution in [3.63, 3.8) is 0 Å². The van der Waals surface area contributed by atoms with Gasteiger partial charge in [0.2, 0.25) is 6.79 Å². The largest absolute Gasteiger partial charge is 0.454 e. The van der Waals surface area contributed by atoms with Gasteiger partial charge in [-0.25, -0.2) is 10.4 Å². The van der Waals surface area contributed by atoms with Gasteiger partial charge < -0.3 is 9.47 Å². The van der Waals surface area contributed by atoms with Crippen LogP contribution >= 0.6 is 0 Å². The van der Waals surface area contributed by atoms with Crippen molar-refractivity contribution in [2.75, 3.05) is 6.79 Å². The minimum Gasteiger partial charge on any atom is -0.454 e. The zero-order chi connectivity index (χ0) is 23.7. The number of rotatable bonds is 4. The Morgan fingerprint density at radius 2 is 1.74 bits per heavy atom. The fourth-order valence-corrected chi connectivity index (χ4v) is 3.87. The first kappa shape index (κ1) is 21.6. The highest BCUT2D eigenvalue weighted by Gasteiger charge is 2.16. The van der Waals surface area contributed by atoms with Gasteiger partial charge >= 0.3 is 0 Å². The highest BCUT2D eigenvalue weighted by molar-refractivity contribution is 6.07. The van der Waals surface area contributed by atoms with Gasteiger partial charge in [-0.1, -0.05) is 63.2 Å². The number of carbonyl (C=O) groups excluding carboxylic acids is 1. The number of pyridine rings is 1. The van der Waals surface area contributed by atoms with Crippen LogP contribution in [0.25, 0.3) is 22.2 Å². The second-order valence-corrected chi connectivity index (χ2v) is 9.21. The molecule has 6 nitrogen and oxygen atoms in total. The Labute approximate surface area is 198 Å². The number of aromatic nitrogens is 1. The zero-order valence-electron chi connectivity index (χ0n) is 19.3. The Morgan fingerprint density at radius 3 is 2.53 bits per heavy atom. The number of amides is 1. The maximum Gasteiger partial charge on any atom is 0.272 e. The Balaban J connectivity index is 1.43. The van der Waals surface area contributed by atoms with Crippen molar-refractivity contribution < 1.29 is 14.3 Å². The number of carbonyl (C=O) groups is 1. The van der Waals surface area contributed by atoms with Crippen LogP contribution in [0.5, 0.6) is 11.5 Å². The lowest BCUT2D eigenvalue weighted by molar-refractivity contribution is 0.0956. The van der Waals surface area contributed by atoms with Crippen molar-refractivity contribution >= 4 is 23.0 Å². The second kappa shape index (κ2) is 8.63. The van der Waals surface area contributed by atoms with Crippen LogP contribution in [0.2, 0.25) is 0 Å². The predicted octanol–water partition coefficient (Wildman–Crippen LogP) is 5.69. The van der Waals surface area contributed by atoms with Gasteiger partial charge in [0.15, 0.2) is 11.5 Å². The van der Waals surface area contributed by atoms with Crippen LogP contribution in [0.1, 0.15) is 42.3 Å². The lowest BCUT2D eigenvalue weighted by Gasteiger charge is -2.19. The monoisotopic (exact) mass is 451 g/mol. The third-order valence-corrected chi connectivity index (χ3v) is 5.78. The molecule has 6 heteroatoms. The summed E-state index contributed by atoms with van der Waals surface area (Å²) in [6.07, 6.45) is 1.58. The van der Waals surface area contributed by atoms with Crippen LogP contribution < -0.4 is 14.9 Å². The summed E-state index contributed by atoms with van der Waals surface area (Å²) in [6, 6.07) is 23.3. The molecule has 0 unspecified atom stereocenters. The van der Waals surface area contributed by atoms with E-state index < -0.39 is 0 Å². The SMILES string of the molecule is CC(C)(C)c1ccc(-c2cc(C(=O)NN=Cc3ccc4c(c3)OCO4)c3ccccc3n2)cc1. The summed E-state index contributed by atoms with van der Waals surface area (Å²) >= 11 is 0. The Bertz CT molecular complexity index is 1400. The van der Waals surface area contributed by atoms with Gasteiger partial charge in [0.05, 0.1) is 23.0 Å². The maximum atomic E-state index is 13.1. The van der Waals surface area contributed by atoms with Crippen LogP contribution in [0.4, 0.5) is 0 Å². The summed E-state index contributed by atoms with van der Waals surface area (Å²) in [5.41, 5.74) is 7.72. The molecular weight excluding hydrogens is 426 g/mol. The van der Waals surface area contributed by atoms with Gasteiger partial charge in [-0.3, -0.25) is 4.79 Å². The molecule has 0 saturated carbocycles. The number of nitrogens with zero attached hydrogens (tertiary/aromatic N) is 2. The van der Waals surface area contributed by atoms with Crippen LogP contribution in [0.3, 0.4) is 0 Å². The number of ether oxygens (including phenoxy) is 2. The number of nitrogens with one attached hydrogen (secondary N) is 1. The van der Waals surface area contributed by atoms with Gasteiger partial charge in [0.25, 0.3) is 5.91 Å². The number of hydrogen-bond acceptors (Lipinski definition) is 5. The topological polar surface area (TPSA) is 72.8 Å². The number of benzene rings is 3. The van der Waals surface area contributed by atoms with Crippen LogP contribution in [-0.4, -0.2) is 23.9 Å². The molecule has 170 valence electrons. The number of hydrazone groups is 1. The quantitative estimate of drug-likeness (QED) is 0.319. The average Bonchev–Trinajstić information content (AvgIpc) is 3.31. The molecule has 1 aliphatic heterocycles. The highest BCUT2D eigenvalue weighted by Crippen LogP contribution is 2.32. The molecule has 3 aromatic carbocycles. The molecule has 4 aromatic rings. The fourth-order valence-electron chi connectivity index (χ4n) is 3.87. The minimum absolute atomic E-state index is 0.0658. The van der Waals surface area contributed by atoms with Gasteiger partial charge in [-0.2, -0.15) is 5.10 Å². The number of para-hydroxylation sites is 1. The first-order valence-electron chi connectivity index (χ1n) is 11.1. The van der Waals surface area contributed by atoms with Gasteiger partial charge in [-0.05, 0) is 46.9 Å². The minimum atomic E-state index is -0.303. The first-order valence-corrected chi connectivity index (χ1v) is 11.1. The smallest absolute Gasteiger partial charge is 0.272 e. The van der Waals surface area contributed by atoms with Crippen molar-refractivity contribution in [1.29, 1.82) is 0 Å². The van der Waals surface area contributed by atoms with Crippen molar-refractivity contribution in [2.24, 2.45) is 5.10 Å². The molecule has 1 aromatic heterocycles. The highest BCUT2D eigenvalue weighted by atomic mass is 16.7. The molecule has 0 radical (unpaired) electrons. The lowest BCUT2D eigenvalue weighted by atomic mass is 9.86. The van der Waals surface area contributed by atoms with Crippen molar-refractivity contribution in [3.05, 3.63) is 89.5 Å². The molecule has 0 saturated heterocycles. The fraction of sp³-hybridized carbons (Fsp3) is 0.179. The molecule has 1 aliphatic rings. The normalized spacial score (nSPS) is 12.9. The van der Waals surface area contributed by atoms with Crippen LogP contribution in [-0.2, 0) is 5.41 Å². The van der Waals surface area contributed by atoms with Crippen molar-refractivity contribution in [1.82, 2.24) is 10.4 Å². The number of fused-ring (bicyclic) bond motifs is 2. The van der Waals surface area contributed by atoms with Crippen LogP contribution in [0.15, 0.2) is 77.9 Å². The molecule has 1 amide bonds. The van der Waals surface area contributed by atoms with E-state index in [9.17, 15) is 4.79 Å². The van der Waals surface area contributed by atoms with E-state index in [0.717, 1.165) is 27.7 Å². The molecule has 0 aliphatic carbocycles. The van der Waals surface area contributed by atoms with Crippen molar-refractivity contribution in [2.45, 2.75) is 26.2 Å². The summed E-state index contributed by atoms with van der Waals surface area (Å²) in [7, 11) is 0. The molecule has 2 heterocycles. The Hall–Kier alpha value is -4.19.